The number of carbonyl (C=O) groups excluding carboxylic acids is 2. The van der Waals surface area contributed by atoms with Gasteiger partial charge in [-0.15, -0.1) is 0 Å². The molecule has 0 fully saturated rings. The largest absolute Gasteiger partial charge is 0.392 e. The normalized spacial score (nSPS) is 16.7. The lowest BCUT2D eigenvalue weighted by atomic mass is 10.0. The fraction of sp³-hybridized carbons (Fsp3) is 0.385. The zero-order valence-corrected chi connectivity index (χ0v) is 20.6. The van der Waals surface area contributed by atoms with Crippen molar-refractivity contribution in [1.82, 2.24) is 14.1 Å². The zero-order chi connectivity index (χ0) is 25.6. The van der Waals surface area contributed by atoms with Crippen LogP contribution in [-0.2, 0) is 42.6 Å². The van der Waals surface area contributed by atoms with E-state index in [2.05, 4.69) is 21.8 Å². The van der Waals surface area contributed by atoms with Crippen molar-refractivity contribution in [1.29, 1.82) is 0 Å². The van der Waals surface area contributed by atoms with Gasteiger partial charge < -0.3 is 24.3 Å². The predicted octanol–water partition coefficient (Wildman–Crippen LogP) is 1.72. The Bertz CT molecular complexity index is 1420. The van der Waals surface area contributed by atoms with Crippen LogP contribution in [0, 0.1) is 5.92 Å². The number of rotatable bonds is 6. The Kier molecular flexibility index (Phi) is 6.23. The van der Waals surface area contributed by atoms with Crippen LogP contribution in [0.3, 0.4) is 0 Å². The van der Waals surface area contributed by atoms with Gasteiger partial charge in [-0.3, -0.25) is 19.3 Å². The number of anilines is 2. The van der Waals surface area contributed by atoms with Crippen LogP contribution in [0.2, 0.25) is 0 Å². The second-order valence-electron chi connectivity index (χ2n) is 9.48. The molecule has 2 N–H and O–H groups in total. The molecular weight excluding hydrogens is 462 g/mol. The third-order valence-corrected chi connectivity index (χ3v) is 6.91. The maximum atomic E-state index is 13.5. The minimum atomic E-state index is -0.451. The van der Waals surface area contributed by atoms with Crippen LogP contribution >= 0.6 is 0 Å². The van der Waals surface area contributed by atoms with E-state index in [4.69, 9.17) is 4.74 Å². The highest BCUT2D eigenvalue weighted by Gasteiger charge is 2.34. The first-order chi connectivity index (χ1) is 17.3. The second-order valence-corrected chi connectivity index (χ2v) is 9.48. The summed E-state index contributed by atoms with van der Waals surface area (Å²) in [6.45, 7) is 2.79. The standard InChI is InChI=1S/C26H29N5O5/c1-15-8-16-11-22-26(35)31(7-6-30(22)21(16)9-15)24-19(13-32)18(4-5-27-24)17-10-20(25(34)29(2)12-17)28-23(33)14-36-3/h4-5,10-12,15,32H,6-9,13-14H2,1-3H3,(H,28,33). The molecule has 0 radical (unpaired) electrons. The predicted molar refractivity (Wildman–Crippen MR) is 134 cm³/mol. The maximum Gasteiger partial charge on any atom is 0.276 e. The number of aliphatic hydroxyl groups is 1. The van der Waals surface area contributed by atoms with Crippen molar-refractivity contribution in [2.45, 2.75) is 32.9 Å². The number of hydrogen-bond donors (Lipinski definition) is 2. The molecule has 1 atom stereocenters. The number of ether oxygens (including phenoxy) is 1. The Balaban J connectivity index is 1.53. The molecule has 4 heterocycles. The summed E-state index contributed by atoms with van der Waals surface area (Å²) >= 11 is 0. The van der Waals surface area contributed by atoms with E-state index in [1.165, 1.54) is 22.9 Å². The SMILES string of the molecule is COCC(=O)Nc1cc(-c2ccnc(N3CCn4c(cc5c4CC(C)C5)C3=O)c2CO)cn(C)c1=O. The van der Waals surface area contributed by atoms with E-state index in [-0.39, 0.29) is 30.4 Å². The molecule has 1 aliphatic heterocycles. The Morgan fingerprint density at radius 2 is 2.06 bits per heavy atom. The van der Waals surface area contributed by atoms with E-state index in [1.807, 2.05) is 6.07 Å². The first kappa shape index (κ1) is 24.0. The smallest absolute Gasteiger partial charge is 0.276 e. The second kappa shape index (κ2) is 9.36. The van der Waals surface area contributed by atoms with Crippen molar-refractivity contribution in [3.63, 3.8) is 0 Å². The van der Waals surface area contributed by atoms with E-state index < -0.39 is 5.91 Å². The number of aliphatic hydroxyl groups excluding tert-OH is 1. The number of aromatic nitrogens is 3. The average molecular weight is 492 g/mol. The molecule has 0 bridgehead atoms. The van der Waals surface area contributed by atoms with Gasteiger partial charge in [0.2, 0.25) is 5.91 Å². The van der Waals surface area contributed by atoms with Crippen molar-refractivity contribution < 1.29 is 19.4 Å². The Hall–Kier alpha value is -3.76. The van der Waals surface area contributed by atoms with E-state index in [0.29, 0.717) is 47.2 Å². The Morgan fingerprint density at radius 3 is 2.81 bits per heavy atom. The number of pyridine rings is 2. The summed E-state index contributed by atoms with van der Waals surface area (Å²) in [5, 5.41) is 12.9. The van der Waals surface area contributed by atoms with E-state index in [0.717, 1.165) is 12.8 Å². The summed E-state index contributed by atoms with van der Waals surface area (Å²) < 4.78 is 8.33. The zero-order valence-electron chi connectivity index (χ0n) is 20.6. The van der Waals surface area contributed by atoms with Crippen molar-refractivity contribution >= 4 is 23.3 Å². The summed E-state index contributed by atoms with van der Waals surface area (Å²) in [6.07, 6.45) is 5.17. The Morgan fingerprint density at radius 1 is 1.25 bits per heavy atom. The maximum absolute atomic E-state index is 13.5. The number of nitrogens with one attached hydrogen (secondary N) is 1. The fourth-order valence-electron chi connectivity index (χ4n) is 5.32. The number of hydrogen-bond acceptors (Lipinski definition) is 6. The molecule has 1 aliphatic carbocycles. The van der Waals surface area contributed by atoms with Gasteiger partial charge in [0.1, 0.15) is 23.8 Å². The van der Waals surface area contributed by atoms with Gasteiger partial charge in [0, 0.05) is 56.5 Å². The van der Waals surface area contributed by atoms with Crippen molar-refractivity contribution in [2.24, 2.45) is 13.0 Å². The highest BCUT2D eigenvalue weighted by molar-refractivity contribution is 6.06. The molecule has 5 rings (SSSR count). The van der Waals surface area contributed by atoms with E-state index in [1.54, 1.807) is 36.5 Å². The molecule has 0 aromatic carbocycles. The number of carbonyl (C=O) groups is 2. The first-order valence-corrected chi connectivity index (χ1v) is 11.9. The fourth-order valence-corrected chi connectivity index (χ4v) is 5.32. The molecular formula is C26H29N5O5. The molecule has 36 heavy (non-hydrogen) atoms. The highest BCUT2D eigenvalue weighted by Crippen LogP contribution is 2.35. The topological polar surface area (TPSA) is 119 Å². The minimum Gasteiger partial charge on any atom is -0.392 e. The summed E-state index contributed by atoms with van der Waals surface area (Å²) in [4.78, 5) is 44.3. The van der Waals surface area contributed by atoms with Gasteiger partial charge in [-0.05, 0) is 48.1 Å². The van der Waals surface area contributed by atoms with Crippen LogP contribution in [0.4, 0.5) is 11.5 Å². The summed E-state index contributed by atoms with van der Waals surface area (Å²) in [5.41, 5.74) is 4.54. The van der Waals surface area contributed by atoms with Gasteiger partial charge in [0.05, 0.1) is 6.61 Å². The van der Waals surface area contributed by atoms with Crippen molar-refractivity contribution in [3.8, 4) is 11.1 Å². The van der Waals surface area contributed by atoms with Crippen LogP contribution in [0.5, 0.6) is 0 Å². The highest BCUT2D eigenvalue weighted by atomic mass is 16.5. The van der Waals surface area contributed by atoms with Crippen molar-refractivity contribution in [3.05, 3.63) is 63.5 Å². The lowest BCUT2D eigenvalue weighted by Gasteiger charge is -2.30. The summed E-state index contributed by atoms with van der Waals surface area (Å²) in [5.74, 6) is 0.384. The molecule has 3 aromatic heterocycles. The van der Waals surface area contributed by atoms with Gasteiger partial charge in [-0.1, -0.05) is 6.92 Å². The van der Waals surface area contributed by atoms with Crippen LogP contribution in [0.1, 0.15) is 34.2 Å². The third kappa shape index (κ3) is 4.02. The van der Waals surface area contributed by atoms with Crippen LogP contribution in [-0.4, -0.2) is 51.3 Å². The van der Waals surface area contributed by atoms with Gasteiger partial charge in [0.25, 0.3) is 11.5 Å². The molecule has 1 unspecified atom stereocenters. The summed E-state index contributed by atoms with van der Waals surface area (Å²) in [6, 6.07) is 5.28. The molecule has 3 aromatic rings. The molecule has 0 spiro atoms. The van der Waals surface area contributed by atoms with Crippen LogP contribution in [0.25, 0.3) is 11.1 Å². The van der Waals surface area contributed by atoms with E-state index in [9.17, 15) is 19.5 Å². The number of fused-ring (bicyclic) bond motifs is 3. The molecule has 2 aliphatic rings. The van der Waals surface area contributed by atoms with E-state index >= 15 is 0 Å². The van der Waals surface area contributed by atoms with Gasteiger partial charge in [-0.2, -0.15) is 0 Å². The number of nitrogens with zero attached hydrogens (tertiary/aromatic N) is 4. The van der Waals surface area contributed by atoms with Gasteiger partial charge in [0.15, 0.2) is 0 Å². The monoisotopic (exact) mass is 491 g/mol. The molecule has 2 amide bonds. The third-order valence-electron chi connectivity index (χ3n) is 6.91. The average Bonchev–Trinajstić information content (AvgIpc) is 3.38. The molecule has 0 saturated heterocycles. The molecule has 0 saturated carbocycles. The quantitative estimate of drug-likeness (QED) is 0.542. The lowest BCUT2D eigenvalue weighted by molar-refractivity contribution is -0.119. The lowest BCUT2D eigenvalue weighted by Crippen LogP contribution is -2.41. The number of aryl methyl sites for hydroxylation is 1. The molecule has 188 valence electrons. The molecule has 10 heteroatoms. The molecule has 10 nitrogen and oxygen atoms in total. The summed E-state index contributed by atoms with van der Waals surface area (Å²) in [7, 11) is 2.98. The van der Waals surface area contributed by atoms with Crippen LogP contribution < -0.4 is 15.8 Å². The van der Waals surface area contributed by atoms with Crippen molar-refractivity contribution in [2.75, 3.05) is 30.5 Å². The van der Waals surface area contributed by atoms with Gasteiger partial charge >= 0.3 is 0 Å². The minimum absolute atomic E-state index is 0.0925. The number of amides is 2. The van der Waals surface area contributed by atoms with Crippen LogP contribution in [0.15, 0.2) is 35.4 Å². The van der Waals surface area contributed by atoms with Gasteiger partial charge in [-0.25, -0.2) is 4.98 Å². The first-order valence-electron chi connectivity index (χ1n) is 11.9. The number of methoxy groups -OCH3 is 1. The Labute approximate surface area is 208 Å².